The van der Waals surface area contributed by atoms with Crippen LogP contribution in [-0.2, 0) is 9.53 Å². The second-order valence-corrected chi connectivity index (χ2v) is 5.66. The van der Waals surface area contributed by atoms with Gasteiger partial charge in [-0.25, -0.2) is 4.79 Å². The van der Waals surface area contributed by atoms with Gasteiger partial charge in [0.1, 0.15) is 6.61 Å². The highest BCUT2D eigenvalue weighted by atomic mass is 16.6. The van der Waals surface area contributed by atoms with E-state index in [-0.39, 0.29) is 12.5 Å². The number of nitrogens with one attached hydrogen (secondary N) is 1. The lowest BCUT2D eigenvalue weighted by Gasteiger charge is -2.25. The van der Waals surface area contributed by atoms with Crippen LogP contribution in [-0.4, -0.2) is 38.4 Å². The van der Waals surface area contributed by atoms with Gasteiger partial charge in [-0.05, 0) is 43.3 Å². The minimum absolute atomic E-state index is 0.145. The van der Waals surface area contributed by atoms with Crippen molar-refractivity contribution in [3.63, 3.8) is 0 Å². The van der Waals surface area contributed by atoms with Gasteiger partial charge in [-0.2, -0.15) is 0 Å². The van der Waals surface area contributed by atoms with E-state index in [1.54, 1.807) is 50.4 Å². The number of benzene rings is 2. The lowest BCUT2D eigenvalue weighted by Crippen LogP contribution is -2.40. The Morgan fingerprint density at radius 3 is 2.54 bits per heavy atom. The normalized spacial score (nSPS) is 15.1. The standard InChI is InChI=1S/C19H20N2O5/c1-3-24-19(23)21(2)14-10-8-13(9-11-14)20-18(22)17-12-25-15-6-4-5-7-16(15)26-17/h4-11,17H,3,12H2,1-2H3,(H,20,22)/t17-/m1/s1. The third-order valence-corrected chi connectivity index (χ3v) is 3.86. The molecule has 7 nitrogen and oxygen atoms in total. The fourth-order valence-electron chi connectivity index (χ4n) is 2.47. The molecular formula is C19H20N2O5. The number of rotatable bonds is 4. The monoisotopic (exact) mass is 356 g/mol. The van der Waals surface area contributed by atoms with Gasteiger partial charge in [0.15, 0.2) is 11.5 Å². The van der Waals surface area contributed by atoms with E-state index in [4.69, 9.17) is 14.2 Å². The van der Waals surface area contributed by atoms with Gasteiger partial charge in [-0.1, -0.05) is 12.1 Å². The lowest BCUT2D eigenvalue weighted by molar-refractivity contribution is -0.125. The fourth-order valence-corrected chi connectivity index (χ4v) is 2.47. The average Bonchev–Trinajstić information content (AvgIpc) is 2.67. The molecule has 7 heteroatoms. The van der Waals surface area contributed by atoms with Crippen LogP contribution in [0.25, 0.3) is 0 Å². The average molecular weight is 356 g/mol. The maximum Gasteiger partial charge on any atom is 0.413 e. The number of hydrogen-bond acceptors (Lipinski definition) is 5. The first-order valence-corrected chi connectivity index (χ1v) is 8.28. The van der Waals surface area contributed by atoms with E-state index >= 15 is 0 Å². The number of carbonyl (C=O) groups is 2. The van der Waals surface area contributed by atoms with Crippen molar-refractivity contribution >= 4 is 23.4 Å². The molecule has 0 radical (unpaired) electrons. The molecule has 2 aromatic carbocycles. The summed E-state index contributed by atoms with van der Waals surface area (Å²) in [5.74, 6) is 0.874. The van der Waals surface area contributed by atoms with Crippen molar-refractivity contribution in [1.29, 1.82) is 0 Å². The minimum atomic E-state index is -0.730. The summed E-state index contributed by atoms with van der Waals surface area (Å²) in [5.41, 5.74) is 1.26. The SMILES string of the molecule is CCOC(=O)N(C)c1ccc(NC(=O)[C@H]2COc3ccccc3O2)cc1. The van der Waals surface area contributed by atoms with Crippen LogP contribution in [0.15, 0.2) is 48.5 Å². The molecule has 1 N–H and O–H groups in total. The summed E-state index contributed by atoms with van der Waals surface area (Å²) in [7, 11) is 1.62. The Morgan fingerprint density at radius 1 is 1.15 bits per heavy atom. The Hall–Kier alpha value is -3.22. The van der Waals surface area contributed by atoms with Crippen molar-refractivity contribution in [2.45, 2.75) is 13.0 Å². The van der Waals surface area contributed by atoms with Gasteiger partial charge < -0.3 is 19.5 Å². The van der Waals surface area contributed by atoms with E-state index in [1.165, 1.54) is 4.90 Å². The van der Waals surface area contributed by atoms with Crippen molar-refractivity contribution in [3.8, 4) is 11.5 Å². The molecule has 2 aromatic rings. The van der Waals surface area contributed by atoms with Gasteiger partial charge in [0.05, 0.1) is 6.61 Å². The zero-order valence-corrected chi connectivity index (χ0v) is 14.6. The minimum Gasteiger partial charge on any atom is -0.485 e. The van der Waals surface area contributed by atoms with E-state index < -0.39 is 12.2 Å². The molecule has 0 aliphatic carbocycles. The molecule has 2 amide bonds. The first-order chi connectivity index (χ1) is 12.6. The van der Waals surface area contributed by atoms with Crippen molar-refractivity contribution in [3.05, 3.63) is 48.5 Å². The largest absolute Gasteiger partial charge is 0.485 e. The number of para-hydroxylation sites is 2. The number of nitrogens with zero attached hydrogens (tertiary/aromatic N) is 1. The highest BCUT2D eigenvalue weighted by Gasteiger charge is 2.27. The second-order valence-electron chi connectivity index (χ2n) is 5.66. The van der Waals surface area contributed by atoms with E-state index in [1.807, 2.05) is 12.1 Å². The van der Waals surface area contributed by atoms with Gasteiger partial charge in [0, 0.05) is 18.4 Å². The molecule has 0 spiro atoms. The van der Waals surface area contributed by atoms with Gasteiger partial charge in [-0.15, -0.1) is 0 Å². The van der Waals surface area contributed by atoms with Crippen LogP contribution in [0.3, 0.4) is 0 Å². The van der Waals surface area contributed by atoms with Crippen molar-refractivity contribution in [1.82, 2.24) is 0 Å². The van der Waals surface area contributed by atoms with Gasteiger partial charge in [0.25, 0.3) is 5.91 Å². The predicted molar refractivity (Wildman–Crippen MR) is 96.8 cm³/mol. The summed E-state index contributed by atoms with van der Waals surface area (Å²) in [6, 6.07) is 14.1. The van der Waals surface area contributed by atoms with Crippen LogP contribution >= 0.6 is 0 Å². The number of anilines is 2. The van der Waals surface area contributed by atoms with E-state index in [2.05, 4.69) is 5.32 Å². The van der Waals surface area contributed by atoms with Crippen LogP contribution in [0.5, 0.6) is 11.5 Å². The molecule has 3 rings (SSSR count). The zero-order valence-electron chi connectivity index (χ0n) is 14.6. The van der Waals surface area contributed by atoms with Gasteiger partial charge in [0.2, 0.25) is 6.10 Å². The Labute approximate surface area is 151 Å². The molecule has 26 heavy (non-hydrogen) atoms. The third kappa shape index (κ3) is 3.88. The summed E-state index contributed by atoms with van der Waals surface area (Å²) < 4.78 is 16.2. The summed E-state index contributed by atoms with van der Waals surface area (Å²) >= 11 is 0. The topological polar surface area (TPSA) is 77.1 Å². The summed E-state index contributed by atoms with van der Waals surface area (Å²) in [4.78, 5) is 25.5. The molecule has 0 saturated carbocycles. The van der Waals surface area contributed by atoms with Gasteiger partial charge in [-0.3, -0.25) is 9.69 Å². The number of carbonyl (C=O) groups excluding carboxylic acids is 2. The summed E-state index contributed by atoms with van der Waals surface area (Å²) in [6.07, 6.45) is -1.16. The maximum absolute atomic E-state index is 12.4. The molecule has 1 heterocycles. The molecule has 1 aliphatic rings. The number of ether oxygens (including phenoxy) is 3. The molecule has 1 atom stereocenters. The quantitative estimate of drug-likeness (QED) is 0.911. The molecule has 1 aliphatic heterocycles. The fraction of sp³-hybridized carbons (Fsp3) is 0.263. The molecule has 0 aromatic heterocycles. The summed E-state index contributed by atoms with van der Waals surface area (Å²) in [5, 5.41) is 2.78. The molecule has 0 bridgehead atoms. The Morgan fingerprint density at radius 2 is 1.85 bits per heavy atom. The predicted octanol–water partition coefficient (Wildman–Crippen LogP) is 3.06. The Bertz CT molecular complexity index is 791. The van der Waals surface area contributed by atoms with E-state index in [0.717, 1.165) is 0 Å². The first-order valence-electron chi connectivity index (χ1n) is 8.28. The highest BCUT2D eigenvalue weighted by molar-refractivity contribution is 5.95. The molecule has 136 valence electrons. The Kier molecular flexibility index (Phi) is 5.26. The molecular weight excluding hydrogens is 336 g/mol. The van der Waals surface area contributed by atoms with Crippen LogP contribution in [0, 0.1) is 0 Å². The second kappa shape index (κ2) is 7.77. The van der Waals surface area contributed by atoms with Gasteiger partial charge >= 0.3 is 6.09 Å². The van der Waals surface area contributed by atoms with Crippen LogP contribution in [0.4, 0.5) is 16.2 Å². The third-order valence-electron chi connectivity index (χ3n) is 3.86. The maximum atomic E-state index is 12.4. The Balaban J connectivity index is 1.61. The summed E-state index contributed by atoms with van der Waals surface area (Å²) in [6.45, 7) is 2.20. The molecule has 0 fully saturated rings. The van der Waals surface area contributed by atoms with Crippen molar-refractivity contribution in [2.24, 2.45) is 0 Å². The van der Waals surface area contributed by atoms with E-state index in [9.17, 15) is 9.59 Å². The van der Waals surface area contributed by atoms with Crippen LogP contribution in [0.1, 0.15) is 6.92 Å². The molecule has 0 saturated heterocycles. The van der Waals surface area contributed by atoms with Crippen LogP contribution in [0.2, 0.25) is 0 Å². The molecule has 0 unspecified atom stereocenters. The first kappa shape index (κ1) is 17.6. The van der Waals surface area contributed by atoms with Crippen molar-refractivity contribution in [2.75, 3.05) is 30.5 Å². The van der Waals surface area contributed by atoms with E-state index in [0.29, 0.717) is 29.5 Å². The number of hydrogen-bond donors (Lipinski definition) is 1. The zero-order chi connectivity index (χ0) is 18.5. The number of amides is 2. The highest BCUT2D eigenvalue weighted by Crippen LogP contribution is 2.31. The number of fused-ring (bicyclic) bond motifs is 1. The smallest absolute Gasteiger partial charge is 0.413 e. The lowest BCUT2D eigenvalue weighted by atomic mass is 10.2. The van der Waals surface area contributed by atoms with Crippen molar-refractivity contribution < 1.29 is 23.8 Å². The van der Waals surface area contributed by atoms with Crippen LogP contribution < -0.4 is 19.7 Å².